The molecule has 1 aromatic rings. The summed E-state index contributed by atoms with van der Waals surface area (Å²) in [5, 5.41) is 9.32. The number of aryl methyl sites for hydroxylation is 2. The molecule has 1 N–H and O–H groups in total. The van der Waals surface area contributed by atoms with Crippen LogP contribution in [0.2, 0.25) is 0 Å². The van der Waals surface area contributed by atoms with Crippen molar-refractivity contribution in [3.8, 4) is 0 Å². The summed E-state index contributed by atoms with van der Waals surface area (Å²) in [5.74, 6) is -0.572. The van der Waals surface area contributed by atoms with Crippen molar-refractivity contribution in [2.75, 3.05) is 0 Å². The molecular formula is C27H44O2. The summed E-state index contributed by atoms with van der Waals surface area (Å²) in [4.78, 5) is 11.3. The SMILES string of the molecule is Cc1ccc(CCCCCCC(C)(C)C)c(CCCCCC2(C(=O)O)CC2)c1C. The third kappa shape index (κ3) is 7.79. The highest BCUT2D eigenvalue weighted by Crippen LogP contribution is 2.50. The fourth-order valence-electron chi connectivity index (χ4n) is 4.50. The molecule has 0 bridgehead atoms. The minimum absolute atomic E-state index is 0.350. The number of rotatable bonds is 13. The highest BCUT2D eigenvalue weighted by atomic mass is 16.4. The van der Waals surface area contributed by atoms with Crippen LogP contribution < -0.4 is 0 Å². The fraction of sp³-hybridized carbons (Fsp3) is 0.741. The molecule has 2 rings (SSSR count). The summed E-state index contributed by atoms with van der Waals surface area (Å²) < 4.78 is 0. The zero-order valence-electron chi connectivity index (χ0n) is 19.7. The quantitative estimate of drug-likeness (QED) is 0.343. The van der Waals surface area contributed by atoms with Gasteiger partial charge in [0.05, 0.1) is 5.41 Å². The van der Waals surface area contributed by atoms with Crippen molar-refractivity contribution in [1.29, 1.82) is 0 Å². The third-order valence-corrected chi connectivity index (χ3v) is 6.98. The highest BCUT2D eigenvalue weighted by molar-refractivity contribution is 5.77. The van der Waals surface area contributed by atoms with E-state index in [-0.39, 0.29) is 5.41 Å². The second kappa shape index (κ2) is 10.6. The van der Waals surface area contributed by atoms with Gasteiger partial charge in [-0.05, 0) is 92.9 Å². The summed E-state index contributed by atoms with van der Waals surface area (Å²) in [6.07, 6.45) is 15.0. The molecule has 1 aliphatic rings. The predicted molar refractivity (Wildman–Crippen MR) is 124 cm³/mol. The lowest BCUT2D eigenvalue weighted by Gasteiger charge is -2.18. The molecule has 2 heteroatoms. The fourth-order valence-corrected chi connectivity index (χ4v) is 4.50. The van der Waals surface area contributed by atoms with E-state index in [0.717, 1.165) is 38.5 Å². The Balaban J connectivity index is 1.76. The molecule has 0 unspecified atom stereocenters. The standard InChI is InChI=1S/C27H44O2/c1-21-15-16-23(13-9-6-7-11-17-26(3,4)5)24(22(21)2)14-10-8-12-18-27(19-20-27)25(28)29/h15-16H,6-14,17-20H2,1-5H3,(H,28,29). The molecule has 0 spiro atoms. The first-order chi connectivity index (χ1) is 13.6. The first kappa shape index (κ1) is 24.0. The number of carboxylic acids is 1. The zero-order valence-corrected chi connectivity index (χ0v) is 19.7. The maximum atomic E-state index is 11.3. The molecule has 2 nitrogen and oxygen atoms in total. The van der Waals surface area contributed by atoms with Gasteiger partial charge >= 0.3 is 5.97 Å². The van der Waals surface area contributed by atoms with E-state index < -0.39 is 5.97 Å². The molecule has 0 aliphatic heterocycles. The lowest BCUT2D eigenvalue weighted by Crippen LogP contribution is -2.14. The van der Waals surface area contributed by atoms with Gasteiger partial charge < -0.3 is 5.11 Å². The summed E-state index contributed by atoms with van der Waals surface area (Å²) in [6.45, 7) is 11.5. The topological polar surface area (TPSA) is 37.3 Å². The molecule has 1 saturated carbocycles. The maximum Gasteiger partial charge on any atom is 0.309 e. The molecule has 0 saturated heterocycles. The third-order valence-electron chi connectivity index (χ3n) is 6.98. The van der Waals surface area contributed by atoms with Crippen LogP contribution in [0.25, 0.3) is 0 Å². The van der Waals surface area contributed by atoms with Gasteiger partial charge in [0.25, 0.3) is 0 Å². The van der Waals surface area contributed by atoms with Crippen LogP contribution in [0.5, 0.6) is 0 Å². The normalized spacial score (nSPS) is 15.5. The van der Waals surface area contributed by atoms with E-state index in [1.807, 2.05) is 0 Å². The number of unbranched alkanes of at least 4 members (excludes halogenated alkanes) is 5. The minimum Gasteiger partial charge on any atom is -0.481 e. The lowest BCUT2D eigenvalue weighted by atomic mass is 9.88. The number of aliphatic carboxylic acids is 1. The summed E-state index contributed by atoms with van der Waals surface area (Å²) in [6, 6.07) is 4.65. The Labute approximate surface area is 179 Å². The number of hydrogen-bond acceptors (Lipinski definition) is 1. The van der Waals surface area contributed by atoms with E-state index in [9.17, 15) is 9.90 Å². The van der Waals surface area contributed by atoms with Crippen LogP contribution in [-0.2, 0) is 17.6 Å². The van der Waals surface area contributed by atoms with Gasteiger partial charge in [0.15, 0.2) is 0 Å². The van der Waals surface area contributed by atoms with Gasteiger partial charge in [-0.25, -0.2) is 0 Å². The van der Waals surface area contributed by atoms with Crippen LogP contribution in [-0.4, -0.2) is 11.1 Å². The summed E-state index contributed by atoms with van der Waals surface area (Å²) >= 11 is 0. The lowest BCUT2D eigenvalue weighted by molar-refractivity contribution is -0.143. The van der Waals surface area contributed by atoms with Gasteiger partial charge in [-0.3, -0.25) is 4.79 Å². The maximum absolute atomic E-state index is 11.3. The molecule has 0 radical (unpaired) electrons. The van der Waals surface area contributed by atoms with Gasteiger partial charge in [-0.1, -0.05) is 65.0 Å². The van der Waals surface area contributed by atoms with Crippen molar-refractivity contribution in [3.63, 3.8) is 0 Å². The molecule has 1 aliphatic carbocycles. The first-order valence-corrected chi connectivity index (χ1v) is 12.0. The van der Waals surface area contributed by atoms with Gasteiger partial charge in [0.1, 0.15) is 0 Å². The van der Waals surface area contributed by atoms with Crippen molar-refractivity contribution in [1.82, 2.24) is 0 Å². The van der Waals surface area contributed by atoms with Crippen molar-refractivity contribution in [2.45, 2.75) is 118 Å². The summed E-state index contributed by atoms with van der Waals surface area (Å²) in [7, 11) is 0. The average molecular weight is 401 g/mol. The van der Waals surface area contributed by atoms with Crippen LogP contribution in [0.4, 0.5) is 0 Å². The Bertz CT molecular complexity index is 662. The molecule has 0 heterocycles. The van der Waals surface area contributed by atoms with E-state index in [4.69, 9.17) is 0 Å². The van der Waals surface area contributed by atoms with Crippen molar-refractivity contribution < 1.29 is 9.90 Å². The Morgan fingerprint density at radius 3 is 2.17 bits per heavy atom. The molecule has 1 fully saturated rings. The Morgan fingerprint density at radius 2 is 1.55 bits per heavy atom. The van der Waals surface area contributed by atoms with Crippen LogP contribution in [0, 0.1) is 24.7 Å². The Hall–Kier alpha value is -1.31. The first-order valence-electron chi connectivity index (χ1n) is 12.0. The van der Waals surface area contributed by atoms with E-state index in [2.05, 4.69) is 46.8 Å². The van der Waals surface area contributed by atoms with Crippen molar-refractivity contribution in [2.24, 2.45) is 10.8 Å². The largest absolute Gasteiger partial charge is 0.481 e. The van der Waals surface area contributed by atoms with E-state index in [0.29, 0.717) is 5.41 Å². The number of carboxylic acid groups (broad SMARTS) is 1. The van der Waals surface area contributed by atoms with Crippen LogP contribution in [0.3, 0.4) is 0 Å². The van der Waals surface area contributed by atoms with Gasteiger partial charge in [-0.2, -0.15) is 0 Å². The Kier molecular flexibility index (Phi) is 8.79. The molecule has 164 valence electrons. The second-order valence-electron chi connectivity index (χ2n) is 10.8. The Morgan fingerprint density at radius 1 is 0.931 bits per heavy atom. The smallest absolute Gasteiger partial charge is 0.309 e. The van der Waals surface area contributed by atoms with E-state index in [1.165, 1.54) is 56.1 Å². The van der Waals surface area contributed by atoms with Gasteiger partial charge in [0, 0.05) is 0 Å². The van der Waals surface area contributed by atoms with Crippen LogP contribution >= 0.6 is 0 Å². The minimum atomic E-state index is -0.572. The van der Waals surface area contributed by atoms with E-state index in [1.54, 1.807) is 11.1 Å². The molecule has 1 aromatic carbocycles. The van der Waals surface area contributed by atoms with Crippen molar-refractivity contribution >= 4 is 5.97 Å². The molecule has 0 atom stereocenters. The molecule has 0 aromatic heterocycles. The predicted octanol–water partition coefficient (Wildman–Crippen LogP) is 7.81. The van der Waals surface area contributed by atoms with Crippen LogP contribution in [0.1, 0.15) is 114 Å². The summed E-state index contributed by atoms with van der Waals surface area (Å²) in [5.41, 5.74) is 6.10. The second-order valence-corrected chi connectivity index (χ2v) is 10.8. The number of benzene rings is 1. The zero-order chi connectivity index (χ0) is 21.5. The molecule has 0 amide bonds. The highest BCUT2D eigenvalue weighted by Gasteiger charge is 2.49. The van der Waals surface area contributed by atoms with E-state index >= 15 is 0 Å². The van der Waals surface area contributed by atoms with Gasteiger partial charge in [-0.15, -0.1) is 0 Å². The molecule has 29 heavy (non-hydrogen) atoms. The number of hydrogen-bond donors (Lipinski definition) is 1. The van der Waals surface area contributed by atoms with Gasteiger partial charge in [0.2, 0.25) is 0 Å². The van der Waals surface area contributed by atoms with Crippen molar-refractivity contribution in [3.05, 3.63) is 34.4 Å². The monoisotopic (exact) mass is 400 g/mol. The molecular weight excluding hydrogens is 356 g/mol. The number of carbonyl (C=O) groups is 1. The average Bonchev–Trinajstić information content (AvgIpc) is 3.43. The van der Waals surface area contributed by atoms with Crippen LogP contribution in [0.15, 0.2) is 12.1 Å².